The number of rotatable bonds is 2. The van der Waals surface area contributed by atoms with Crippen LogP contribution in [0.15, 0.2) is 18.2 Å². The fraction of sp³-hybridized carbons (Fsp3) is 0.300. The van der Waals surface area contributed by atoms with Crippen LogP contribution in [-0.4, -0.2) is 5.78 Å². The number of carbonyl (C=O) groups is 1. The van der Waals surface area contributed by atoms with E-state index < -0.39 is 22.9 Å². The van der Waals surface area contributed by atoms with Gasteiger partial charge in [-0.3, -0.25) is 4.79 Å². The van der Waals surface area contributed by atoms with Crippen LogP contribution in [0.25, 0.3) is 0 Å². The Morgan fingerprint density at radius 1 is 1.38 bits per heavy atom. The number of Topliss-reactive ketones (excluding diaryl/α,β-unsaturated/α-hetero) is 1. The first-order valence-electron chi connectivity index (χ1n) is 4.24. The minimum absolute atomic E-state index is 0.0225. The Morgan fingerprint density at radius 2 is 1.94 bits per heavy atom. The van der Waals surface area contributed by atoms with E-state index in [1.54, 1.807) is 0 Å². The maximum absolute atomic E-state index is 12.4. The summed E-state index contributed by atoms with van der Waals surface area (Å²) in [7, 11) is 0. The lowest BCUT2D eigenvalue weighted by molar-refractivity contribution is -0.137. The smallest absolute Gasteiger partial charge is 0.298 e. The van der Waals surface area contributed by atoms with Crippen molar-refractivity contribution in [2.24, 2.45) is 0 Å². The summed E-state index contributed by atoms with van der Waals surface area (Å²) >= 11 is 11.3. The fourth-order valence-corrected chi connectivity index (χ4v) is 1.60. The third-order valence-electron chi connectivity index (χ3n) is 1.95. The van der Waals surface area contributed by atoms with Crippen molar-refractivity contribution in [2.45, 2.75) is 18.5 Å². The van der Waals surface area contributed by atoms with Crippen LogP contribution in [0.2, 0.25) is 5.02 Å². The molecule has 0 heterocycles. The number of benzene rings is 1. The molecule has 0 spiro atoms. The van der Waals surface area contributed by atoms with E-state index in [1.807, 2.05) is 0 Å². The van der Waals surface area contributed by atoms with Crippen LogP contribution in [0.3, 0.4) is 0 Å². The van der Waals surface area contributed by atoms with Gasteiger partial charge in [-0.1, -0.05) is 11.6 Å². The highest BCUT2D eigenvalue weighted by atomic mass is 35.5. The lowest BCUT2D eigenvalue weighted by atomic mass is 10.1. The van der Waals surface area contributed by atoms with E-state index in [2.05, 4.69) is 0 Å². The summed E-state index contributed by atoms with van der Waals surface area (Å²) in [6.07, 6.45) is -4.48. The van der Waals surface area contributed by atoms with Gasteiger partial charge in [0.15, 0.2) is 5.78 Å². The molecular weight excluding hydrogens is 264 g/mol. The van der Waals surface area contributed by atoms with Crippen molar-refractivity contribution in [3.05, 3.63) is 34.3 Å². The SMILES string of the molecule is CC(=O)C(Cl)c1cc(C(F)(F)F)ccc1Cl. The first-order valence-corrected chi connectivity index (χ1v) is 5.06. The van der Waals surface area contributed by atoms with Gasteiger partial charge in [-0.05, 0) is 30.7 Å². The molecule has 1 nitrogen and oxygen atoms in total. The third-order valence-corrected chi connectivity index (χ3v) is 2.84. The summed E-state index contributed by atoms with van der Waals surface area (Å²) < 4.78 is 37.2. The van der Waals surface area contributed by atoms with Crippen molar-refractivity contribution in [1.82, 2.24) is 0 Å². The molecule has 1 rings (SSSR count). The molecule has 1 unspecified atom stereocenters. The van der Waals surface area contributed by atoms with Gasteiger partial charge in [0.1, 0.15) is 5.38 Å². The molecule has 0 fully saturated rings. The number of halogens is 5. The van der Waals surface area contributed by atoms with Gasteiger partial charge in [0.2, 0.25) is 0 Å². The largest absolute Gasteiger partial charge is 0.416 e. The van der Waals surface area contributed by atoms with Gasteiger partial charge < -0.3 is 0 Å². The molecule has 16 heavy (non-hydrogen) atoms. The highest BCUT2D eigenvalue weighted by molar-refractivity contribution is 6.35. The molecule has 1 aromatic carbocycles. The van der Waals surface area contributed by atoms with E-state index in [4.69, 9.17) is 23.2 Å². The van der Waals surface area contributed by atoms with Gasteiger partial charge in [0.05, 0.1) is 5.56 Å². The van der Waals surface area contributed by atoms with Crippen LogP contribution in [-0.2, 0) is 11.0 Å². The summed E-state index contributed by atoms with van der Waals surface area (Å²) in [6.45, 7) is 1.19. The average Bonchev–Trinajstić information content (AvgIpc) is 2.15. The van der Waals surface area contributed by atoms with Crippen LogP contribution >= 0.6 is 23.2 Å². The van der Waals surface area contributed by atoms with Gasteiger partial charge in [-0.15, -0.1) is 11.6 Å². The van der Waals surface area contributed by atoms with Gasteiger partial charge in [-0.25, -0.2) is 0 Å². The standard InChI is InChI=1S/C10H7Cl2F3O/c1-5(16)9(12)7-4-6(10(13,14)15)2-3-8(7)11/h2-4,9H,1H3. The average molecular weight is 271 g/mol. The Bertz CT molecular complexity index is 415. The molecule has 6 heteroatoms. The summed E-state index contributed by atoms with van der Waals surface area (Å²) in [5.74, 6) is -0.456. The third kappa shape index (κ3) is 2.89. The van der Waals surface area contributed by atoms with E-state index >= 15 is 0 Å². The number of ketones is 1. The molecule has 88 valence electrons. The van der Waals surface area contributed by atoms with Gasteiger partial charge >= 0.3 is 6.18 Å². The summed E-state index contributed by atoms with van der Waals surface area (Å²) in [5.41, 5.74) is -0.899. The first-order chi connectivity index (χ1) is 7.23. The molecule has 1 aromatic rings. The highest BCUT2D eigenvalue weighted by Crippen LogP contribution is 2.35. The predicted molar refractivity (Wildman–Crippen MR) is 55.7 cm³/mol. The number of alkyl halides is 4. The normalized spacial score (nSPS) is 13.6. The minimum Gasteiger partial charge on any atom is -0.298 e. The van der Waals surface area contributed by atoms with Crippen LogP contribution < -0.4 is 0 Å². The number of hydrogen-bond donors (Lipinski definition) is 0. The number of hydrogen-bond acceptors (Lipinski definition) is 1. The van der Waals surface area contributed by atoms with Crippen LogP contribution in [0.1, 0.15) is 23.4 Å². The molecule has 0 N–H and O–H groups in total. The van der Waals surface area contributed by atoms with Crippen LogP contribution in [0, 0.1) is 0 Å². The second kappa shape index (κ2) is 4.63. The predicted octanol–water partition coefficient (Wildman–Crippen LogP) is 4.23. The second-order valence-corrected chi connectivity index (χ2v) is 4.05. The molecule has 0 radical (unpaired) electrons. The lowest BCUT2D eigenvalue weighted by Crippen LogP contribution is -2.08. The zero-order valence-corrected chi connectivity index (χ0v) is 9.62. The Hall–Kier alpha value is -0.740. The molecule has 0 aliphatic carbocycles. The Labute approximate surface area is 100 Å². The van der Waals surface area contributed by atoms with Crippen molar-refractivity contribution in [3.63, 3.8) is 0 Å². The van der Waals surface area contributed by atoms with Crippen molar-refractivity contribution >= 4 is 29.0 Å². The van der Waals surface area contributed by atoms with Crippen LogP contribution in [0.4, 0.5) is 13.2 Å². The molecule has 0 aliphatic heterocycles. The van der Waals surface area contributed by atoms with Crippen LogP contribution in [0.5, 0.6) is 0 Å². The maximum atomic E-state index is 12.4. The van der Waals surface area contributed by atoms with Crippen molar-refractivity contribution in [3.8, 4) is 0 Å². The second-order valence-electron chi connectivity index (χ2n) is 3.21. The Balaban J connectivity index is 3.24. The number of carbonyl (C=O) groups excluding carboxylic acids is 1. The first kappa shape index (κ1) is 13.3. The van der Waals surface area contributed by atoms with Crippen molar-refractivity contribution < 1.29 is 18.0 Å². The van der Waals surface area contributed by atoms with E-state index in [0.29, 0.717) is 0 Å². The lowest BCUT2D eigenvalue weighted by Gasteiger charge is -2.12. The monoisotopic (exact) mass is 270 g/mol. The Kier molecular flexibility index (Phi) is 3.86. The molecule has 0 saturated heterocycles. The molecule has 0 amide bonds. The molecule has 0 bridgehead atoms. The highest BCUT2D eigenvalue weighted by Gasteiger charge is 2.32. The maximum Gasteiger partial charge on any atom is 0.416 e. The Morgan fingerprint density at radius 3 is 2.38 bits per heavy atom. The zero-order valence-electron chi connectivity index (χ0n) is 8.11. The zero-order chi connectivity index (χ0) is 12.5. The minimum atomic E-state index is -4.48. The van der Waals surface area contributed by atoms with Crippen molar-refractivity contribution in [1.29, 1.82) is 0 Å². The van der Waals surface area contributed by atoms with Gasteiger partial charge in [0, 0.05) is 5.02 Å². The topological polar surface area (TPSA) is 17.1 Å². The molecule has 1 atom stereocenters. The van der Waals surface area contributed by atoms with Gasteiger partial charge in [0.25, 0.3) is 0 Å². The quantitative estimate of drug-likeness (QED) is 0.736. The molecule has 0 saturated carbocycles. The van der Waals surface area contributed by atoms with Gasteiger partial charge in [-0.2, -0.15) is 13.2 Å². The molecule has 0 aliphatic rings. The van der Waals surface area contributed by atoms with E-state index in [1.165, 1.54) is 6.92 Å². The molecule has 0 aromatic heterocycles. The van der Waals surface area contributed by atoms with E-state index in [0.717, 1.165) is 18.2 Å². The molecular formula is C10H7Cl2F3O. The van der Waals surface area contributed by atoms with E-state index in [9.17, 15) is 18.0 Å². The summed E-state index contributed by atoms with van der Waals surface area (Å²) in [4.78, 5) is 11.0. The summed E-state index contributed by atoms with van der Waals surface area (Å²) in [6, 6.07) is 2.72. The fourth-order valence-electron chi connectivity index (χ4n) is 1.13. The summed E-state index contributed by atoms with van der Waals surface area (Å²) in [5, 5.41) is -1.11. The van der Waals surface area contributed by atoms with E-state index in [-0.39, 0.29) is 10.6 Å². The van der Waals surface area contributed by atoms with Crippen molar-refractivity contribution in [2.75, 3.05) is 0 Å².